The van der Waals surface area contributed by atoms with E-state index in [0.717, 1.165) is 11.1 Å². The predicted octanol–water partition coefficient (Wildman–Crippen LogP) is 2.09. The first kappa shape index (κ1) is 14.2. The van der Waals surface area contributed by atoms with Gasteiger partial charge >= 0.3 is 0 Å². The summed E-state index contributed by atoms with van der Waals surface area (Å²) >= 11 is 0. The van der Waals surface area contributed by atoms with Gasteiger partial charge in [-0.3, -0.25) is 4.98 Å². The first-order valence-corrected chi connectivity index (χ1v) is 7.50. The second-order valence-electron chi connectivity index (χ2n) is 4.35. The average molecular weight is 289 g/mol. The molecule has 2 aromatic rings. The molecule has 0 aliphatic heterocycles. The molecule has 0 amide bonds. The van der Waals surface area contributed by atoms with Crippen LogP contribution in [0.3, 0.4) is 0 Å². The molecule has 1 N–H and O–H groups in total. The van der Waals surface area contributed by atoms with E-state index in [1.54, 1.807) is 49.6 Å². The molecule has 104 valence electrons. The van der Waals surface area contributed by atoms with E-state index in [0.29, 0.717) is 5.71 Å². The van der Waals surface area contributed by atoms with Gasteiger partial charge in [0.2, 0.25) is 0 Å². The van der Waals surface area contributed by atoms with E-state index in [9.17, 15) is 8.42 Å². The Morgan fingerprint density at radius 1 is 1.20 bits per heavy atom. The number of hydrogen-bond acceptors (Lipinski definition) is 4. The van der Waals surface area contributed by atoms with Crippen LogP contribution in [0.2, 0.25) is 0 Å². The monoisotopic (exact) mass is 289 g/mol. The Morgan fingerprint density at radius 2 is 1.90 bits per heavy atom. The Balaban J connectivity index is 2.19. The molecule has 0 aliphatic rings. The van der Waals surface area contributed by atoms with Crippen molar-refractivity contribution in [2.75, 3.05) is 0 Å². The van der Waals surface area contributed by atoms with Crippen LogP contribution in [0, 0.1) is 6.92 Å². The van der Waals surface area contributed by atoms with Crippen molar-refractivity contribution in [1.82, 2.24) is 9.82 Å². The summed E-state index contributed by atoms with van der Waals surface area (Å²) in [6, 6.07) is 10.2. The number of aryl methyl sites for hydroxylation is 1. The number of nitrogens with one attached hydrogen (secondary N) is 1. The smallest absolute Gasteiger partial charge is 0.264 e. The zero-order chi connectivity index (χ0) is 14.6. The molecule has 6 heteroatoms. The molecular formula is C14H15N3O2S. The largest absolute Gasteiger partial charge is 0.276 e. The lowest BCUT2D eigenvalue weighted by molar-refractivity contribution is 0.584. The lowest BCUT2D eigenvalue weighted by atomic mass is 10.2. The maximum Gasteiger partial charge on any atom is 0.276 e. The highest BCUT2D eigenvalue weighted by Gasteiger charge is 2.12. The minimum absolute atomic E-state index is 0.186. The summed E-state index contributed by atoms with van der Waals surface area (Å²) < 4.78 is 24.1. The molecule has 1 heterocycles. The molecule has 0 saturated carbocycles. The third-order valence-electron chi connectivity index (χ3n) is 2.74. The minimum atomic E-state index is -3.64. The van der Waals surface area contributed by atoms with Gasteiger partial charge < -0.3 is 0 Å². The highest BCUT2D eigenvalue weighted by molar-refractivity contribution is 7.89. The van der Waals surface area contributed by atoms with Crippen molar-refractivity contribution in [3.05, 3.63) is 59.9 Å². The van der Waals surface area contributed by atoms with E-state index in [-0.39, 0.29) is 4.90 Å². The van der Waals surface area contributed by atoms with Gasteiger partial charge in [0.25, 0.3) is 10.0 Å². The molecule has 0 spiro atoms. The third-order valence-corrected chi connectivity index (χ3v) is 3.97. The van der Waals surface area contributed by atoms with E-state index in [1.807, 2.05) is 13.0 Å². The fraction of sp³-hybridized carbons (Fsp3) is 0.143. The first-order chi connectivity index (χ1) is 9.49. The van der Waals surface area contributed by atoms with E-state index >= 15 is 0 Å². The summed E-state index contributed by atoms with van der Waals surface area (Å²) in [6.07, 6.45) is 3.27. The Kier molecular flexibility index (Phi) is 4.14. The van der Waals surface area contributed by atoms with Crippen LogP contribution in [-0.2, 0) is 10.0 Å². The van der Waals surface area contributed by atoms with E-state index in [4.69, 9.17) is 0 Å². The standard InChI is InChI=1S/C14H15N3O2S/c1-11-5-7-14(8-6-11)20(18,19)17-16-12(2)13-4-3-9-15-10-13/h3-10,17H,1-2H3/b16-12-. The molecule has 0 radical (unpaired) electrons. The zero-order valence-corrected chi connectivity index (χ0v) is 12.1. The first-order valence-electron chi connectivity index (χ1n) is 6.02. The van der Waals surface area contributed by atoms with Crippen LogP contribution in [-0.4, -0.2) is 19.1 Å². The number of hydrogen-bond donors (Lipinski definition) is 1. The highest BCUT2D eigenvalue weighted by Crippen LogP contribution is 2.10. The molecule has 5 nitrogen and oxygen atoms in total. The highest BCUT2D eigenvalue weighted by atomic mass is 32.2. The molecule has 0 bridgehead atoms. The number of rotatable bonds is 4. The molecule has 1 aromatic heterocycles. The maximum atomic E-state index is 12.0. The van der Waals surface area contributed by atoms with Crippen molar-refractivity contribution in [2.24, 2.45) is 5.10 Å². The lowest BCUT2D eigenvalue weighted by Crippen LogP contribution is -2.20. The molecule has 0 saturated heterocycles. The van der Waals surface area contributed by atoms with Crippen molar-refractivity contribution in [2.45, 2.75) is 18.7 Å². The molecule has 2 rings (SSSR count). The van der Waals surface area contributed by atoms with Crippen molar-refractivity contribution < 1.29 is 8.42 Å². The molecular weight excluding hydrogens is 274 g/mol. The average Bonchev–Trinajstić information content (AvgIpc) is 2.46. The normalized spacial score (nSPS) is 12.2. The van der Waals surface area contributed by atoms with Gasteiger partial charge in [-0.1, -0.05) is 23.8 Å². The van der Waals surface area contributed by atoms with Crippen LogP contribution in [0.4, 0.5) is 0 Å². The van der Waals surface area contributed by atoms with Gasteiger partial charge in [-0.25, -0.2) is 0 Å². The maximum absolute atomic E-state index is 12.0. The summed E-state index contributed by atoms with van der Waals surface area (Å²) in [4.78, 5) is 6.37. The van der Waals surface area contributed by atoms with Gasteiger partial charge in [-0.15, -0.1) is 0 Å². The quantitative estimate of drug-likeness (QED) is 0.692. The Bertz CT molecular complexity index is 708. The third kappa shape index (κ3) is 3.42. The van der Waals surface area contributed by atoms with Crippen LogP contribution < -0.4 is 4.83 Å². The summed E-state index contributed by atoms with van der Waals surface area (Å²) in [5.41, 5.74) is 2.31. The Labute approximate surface area is 118 Å². The SMILES string of the molecule is C/C(=N/NS(=O)(=O)c1ccc(C)cc1)c1cccnc1. The van der Waals surface area contributed by atoms with E-state index in [2.05, 4.69) is 14.9 Å². The second-order valence-corrected chi connectivity index (χ2v) is 6.01. The van der Waals surface area contributed by atoms with Gasteiger partial charge in [-0.05, 0) is 32.0 Å². The molecule has 1 aromatic carbocycles. The number of aromatic nitrogens is 1. The predicted molar refractivity (Wildman–Crippen MR) is 77.9 cm³/mol. The minimum Gasteiger partial charge on any atom is -0.264 e. The Hall–Kier alpha value is -2.21. The number of nitrogens with zero attached hydrogens (tertiary/aromatic N) is 2. The fourth-order valence-electron chi connectivity index (χ4n) is 1.54. The van der Waals surface area contributed by atoms with Crippen molar-refractivity contribution in [3.63, 3.8) is 0 Å². The summed E-state index contributed by atoms with van der Waals surface area (Å²) in [6.45, 7) is 3.61. The van der Waals surface area contributed by atoms with Gasteiger partial charge in [0.05, 0.1) is 10.6 Å². The lowest BCUT2D eigenvalue weighted by Gasteiger charge is -2.05. The molecule has 0 unspecified atom stereocenters. The topological polar surface area (TPSA) is 71.4 Å². The van der Waals surface area contributed by atoms with Crippen molar-refractivity contribution in [1.29, 1.82) is 0 Å². The van der Waals surface area contributed by atoms with Crippen LogP contribution in [0.1, 0.15) is 18.1 Å². The van der Waals surface area contributed by atoms with E-state index in [1.165, 1.54) is 0 Å². The van der Waals surface area contributed by atoms with Gasteiger partial charge in [0.1, 0.15) is 0 Å². The zero-order valence-electron chi connectivity index (χ0n) is 11.2. The van der Waals surface area contributed by atoms with E-state index < -0.39 is 10.0 Å². The summed E-state index contributed by atoms with van der Waals surface area (Å²) in [5, 5.41) is 3.90. The molecule has 0 fully saturated rings. The van der Waals surface area contributed by atoms with Crippen LogP contribution in [0.5, 0.6) is 0 Å². The summed E-state index contributed by atoms with van der Waals surface area (Å²) in [5.74, 6) is 0. The van der Waals surface area contributed by atoms with Crippen molar-refractivity contribution >= 4 is 15.7 Å². The molecule has 0 atom stereocenters. The second kappa shape index (κ2) is 5.83. The number of sulfonamides is 1. The van der Waals surface area contributed by atoms with Crippen LogP contribution in [0.25, 0.3) is 0 Å². The summed E-state index contributed by atoms with van der Waals surface area (Å²) in [7, 11) is -3.64. The number of benzene rings is 1. The van der Waals surface area contributed by atoms with Crippen LogP contribution >= 0.6 is 0 Å². The van der Waals surface area contributed by atoms with Crippen molar-refractivity contribution in [3.8, 4) is 0 Å². The molecule has 0 aliphatic carbocycles. The van der Waals surface area contributed by atoms with Crippen LogP contribution in [0.15, 0.2) is 58.8 Å². The number of pyridine rings is 1. The van der Waals surface area contributed by atoms with Gasteiger partial charge in [-0.2, -0.15) is 18.4 Å². The molecule has 20 heavy (non-hydrogen) atoms. The van der Waals surface area contributed by atoms with Gasteiger partial charge in [0, 0.05) is 18.0 Å². The fourth-order valence-corrected chi connectivity index (χ4v) is 2.40. The van der Waals surface area contributed by atoms with Gasteiger partial charge in [0.15, 0.2) is 0 Å². The number of hydrazone groups is 1. The Morgan fingerprint density at radius 3 is 2.50 bits per heavy atom.